The first-order chi connectivity index (χ1) is 21.3. The number of hydrogen-bond donors (Lipinski definition) is 3. The second-order valence-electron chi connectivity index (χ2n) is 13.6. The lowest BCUT2D eigenvalue weighted by Crippen LogP contribution is -2.53. The van der Waals surface area contributed by atoms with Crippen molar-refractivity contribution >= 4 is 29.1 Å². The Morgan fingerprint density at radius 3 is 2.34 bits per heavy atom. The third-order valence-corrected chi connectivity index (χ3v) is 10.7. The summed E-state index contributed by atoms with van der Waals surface area (Å²) in [5.41, 5.74) is 7.53. The summed E-state index contributed by atoms with van der Waals surface area (Å²) in [5.74, 6) is 0.857. The van der Waals surface area contributed by atoms with Crippen molar-refractivity contribution in [1.82, 2.24) is 24.6 Å². The Bertz CT molecular complexity index is 1300. The Morgan fingerprint density at radius 2 is 1.66 bits per heavy atom. The molecule has 6 rings (SSSR count). The monoisotopic (exact) mass is 608 g/mol. The van der Waals surface area contributed by atoms with Crippen LogP contribution >= 0.6 is 0 Å². The smallest absolute Gasteiger partial charge is 0.263 e. The molecule has 2 aromatic rings. The van der Waals surface area contributed by atoms with Gasteiger partial charge in [-0.1, -0.05) is 44.9 Å². The lowest BCUT2D eigenvalue weighted by atomic mass is 9.80. The molecule has 0 aromatic carbocycles. The van der Waals surface area contributed by atoms with E-state index in [0.29, 0.717) is 24.6 Å². The highest BCUT2D eigenvalue weighted by Crippen LogP contribution is 2.41. The summed E-state index contributed by atoms with van der Waals surface area (Å²) in [4.78, 5) is 35.7. The van der Waals surface area contributed by atoms with E-state index in [1.54, 1.807) is 12.4 Å². The quantitative estimate of drug-likeness (QED) is 0.437. The van der Waals surface area contributed by atoms with Gasteiger partial charge in [0.15, 0.2) is 5.82 Å². The summed E-state index contributed by atoms with van der Waals surface area (Å²) in [6.45, 7) is 3.47. The topological polar surface area (TPSA) is 121 Å². The van der Waals surface area contributed by atoms with E-state index in [2.05, 4.69) is 32.7 Å². The minimum Gasteiger partial charge on any atom is -0.381 e. The molecule has 3 aliphatic heterocycles. The first kappa shape index (κ1) is 30.8. The van der Waals surface area contributed by atoms with Crippen LogP contribution in [0.15, 0.2) is 18.5 Å². The number of aromatic nitrogens is 3. The Balaban J connectivity index is 1.15. The number of amides is 2. The molecule has 2 saturated heterocycles. The van der Waals surface area contributed by atoms with Gasteiger partial charge in [0.25, 0.3) is 5.91 Å². The van der Waals surface area contributed by atoms with Crippen LogP contribution in [0.5, 0.6) is 0 Å². The van der Waals surface area contributed by atoms with E-state index in [-0.39, 0.29) is 41.6 Å². The molecule has 4 aliphatic rings. The highest BCUT2D eigenvalue weighted by Gasteiger charge is 2.45. The van der Waals surface area contributed by atoms with Gasteiger partial charge in [-0.3, -0.25) is 14.6 Å². The van der Waals surface area contributed by atoms with Gasteiger partial charge in [0.1, 0.15) is 17.6 Å². The molecule has 11 heteroatoms. The molecule has 0 radical (unpaired) electrons. The van der Waals surface area contributed by atoms with Crippen LogP contribution in [0.4, 0.5) is 21.7 Å². The fraction of sp³-hybridized carbons (Fsp3) is 0.697. The maximum Gasteiger partial charge on any atom is 0.263 e. The molecule has 10 nitrogen and oxygen atoms in total. The average molecular weight is 609 g/mol. The third kappa shape index (κ3) is 6.43. The molecule has 2 aromatic heterocycles. The maximum atomic E-state index is 15.8. The minimum atomic E-state index is -1.10. The van der Waals surface area contributed by atoms with E-state index < -0.39 is 11.7 Å². The van der Waals surface area contributed by atoms with Crippen molar-refractivity contribution in [2.75, 3.05) is 49.6 Å². The summed E-state index contributed by atoms with van der Waals surface area (Å²) in [6, 6.07) is 1.96. The van der Waals surface area contributed by atoms with Crippen LogP contribution in [0.3, 0.4) is 0 Å². The zero-order chi connectivity index (χ0) is 30.7. The number of pyridine rings is 1. The Kier molecular flexibility index (Phi) is 9.40. The molecule has 1 unspecified atom stereocenters. The minimum absolute atomic E-state index is 0.0901. The lowest BCUT2D eigenvalue weighted by molar-refractivity contribution is -0.138. The van der Waals surface area contributed by atoms with Gasteiger partial charge >= 0.3 is 0 Å². The predicted octanol–water partition coefficient (Wildman–Crippen LogP) is 5.19. The fourth-order valence-electron chi connectivity index (χ4n) is 7.91. The standard InChI is InChI=1S/C33H49FN8O2/c1-40-17-10-24(11-18-40)32(44)41-19-12-23(13-20-41)25-9-16-36-21-26(25)37-31(43)28-29(35)39-42-22-27(34)33(38-30(28)42)14-7-5-3-2-4-6-8-15-33/h9,16,21,23-24,27,38H,2-8,10-15,17-20,22H2,1H3,(H2,35,39)(H,37,43). The van der Waals surface area contributed by atoms with Gasteiger partial charge in [0.2, 0.25) is 5.91 Å². The van der Waals surface area contributed by atoms with Crippen LogP contribution in [0.1, 0.15) is 105 Å². The van der Waals surface area contributed by atoms with Gasteiger partial charge in [0, 0.05) is 25.2 Å². The number of fused-ring (bicyclic) bond motifs is 1. The lowest BCUT2D eigenvalue weighted by Gasteiger charge is -2.42. The zero-order valence-corrected chi connectivity index (χ0v) is 26.2. The SMILES string of the molecule is CN1CCC(C(=O)N2CCC(c3ccncc3NC(=O)c3c(N)nn4c3NC3(CCCCCCCCC3)C(F)C4)CC2)CC1. The molecule has 44 heavy (non-hydrogen) atoms. The van der Waals surface area contributed by atoms with Crippen LogP contribution in [0.2, 0.25) is 0 Å². The van der Waals surface area contributed by atoms with Crippen LogP contribution in [-0.4, -0.2) is 81.3 Å². The normalized spacial score (nSPS) is 24.0. The first-order valence-corrected chi connectivity index (χ1v) is 16.9. The van der Waals surface area contributed by atoms with E-state index in [0.717, 1.165) is 82.9 Å². The van der Waals surface area contributed by atoms with Crippen molar-refractivity contribution in [3.05, 3.63) is 29.6 Å². The number of nitrogens with one attached hydrogen (secondary N) is 2. The molecule has 3 fully saturated rings. The maximum absolute atomic E-state index is 15.8. The molecule has 240 valence electrons. The number of halogens is 1. The molecule has 1 atom stereocenters. The van der Waals surface area contributed by atoms with E-state index in [1.807, 2.05) is 11.0 Å². The van der Waals surface area contributed by atoms with Crippen molar-refractivity contribution in [3.63, 3.8) is 0 Å². The molecular weight excluding hydrogens is 559 g/mol. The van der Waals surface area contributed by atoms with Crippen molar-refractivity contribution < 1.29 is 14.0 Å². The van der Waals surface area contributed by atoms with E-state index in [9.17, 15) is 9.59 Å². The highest BCUT2D eigenvalue weighted by atomic mass is 19.1. The van der Waals surface area contributed by atoms with E-state index in [4.69, 9.17) is 5.73 Å². The molecule has 1 saturated carbocycles. The van der Waals surface area contributed by atoms with Gasteiger partial charge in [-0.25, -0.2) is 9.07 Å². The van der Waals surface area contributed by atoms with E-state index in [1.165, 1.54) is 23.9 Å². The molecule has 4 N–H and O–H groups in total. The van der Waals surface area contributed by atoms with Crippen LogP contribution < -0.4 is 16.4 Å². The van der Waals surface area contributed by atoms with Gasteiger partial charge in [-0.05, 0) is 76.2 Å². The van der Waals surface area contributed by atoms with Gasteiger partial charge < -0.3 is 26.2 Å². The Hall–Kier alpha value is -3.21. The number of rotatable bonds is 4. The molecule has 1 aliphatic carbocycles. The second-order valence-corrected chi connectivity index (χ2v) is 13.6. The van der Waals surface area contributed by atoms with Crippen molar-refractivity contribution in [1.29, 1.82) is 0 Å². The number of nitrogens with zero attached hydrogens (tertiary/aromatic N) is 5. The van der Waals surface area contributed by atoms with E-state index >= 15 is 4.39 Å². The number of likely N-dealkylation sites (tertiary alicyclic amines) is 2. The number of nitrogen functional groups attached to an aromatic ring is 1. The summed E-state index contributed by atoms with van der Waals surface area (Å²) in [5, 5.41) is 10.9. The summed E-state index contributed by atoms with van der Waals surface area (Å²) in [7, 11) is 2.11. The Morgan fingerprint density at radius 1 is 1.00 bits per heavy atom. The van der Waals surface area contributed by atoms with Crippen molar-refractivity contribution in [2.45, 2.75) is 108 Å². The zero-order valence-electron chi connectivity index (χ0n) is 26.2. The number of carbonyl (C=O) groups is 2. The number of anilines is 3. The van der Waals surface area contributed by atoms with Crippen LogP contribution in [0, 0.1) is 5.92 Å². The van der Waals surface area contributed by atoms with Gasteiger partial charge in [-0.2, -0.15) is 5.10 Å². The van der Waals surface area contributed by atoms with Gasteiger partial charge in [0.05, 0.1) is 24.0 Å². The van der Waals surface area contributed by atoms with Gasteiger partial charge in [-0.15, -0.1) is 0 Å². The molecule has 2 amide bonds. The summed E-state index contributed by atoms with van der Waals surface area (Å²) >= 11 is 0. The summed E-state index contributed by atoms with van der Waals surface area (Å²) in [6.07, 6.45) is 15.0. The number of carbonyl (C=O) groups excluding carboxylic acids is 2. The van der Waals surface area contributed by atoms with Crippen molar-refractivity contribution in [2.24, 2.45) is 5.92 Å². The molecule has 0 bridgehead atoms. The molecule has 5 heterocycles. The number of nitrogens with two attached hydrogens (primary N) is 1. The third-order valence-electron chi connectivity index (χ3n) is 10.7. The van der Waals surface area contributed by atoms with Crippen molar-refractivity contribution in [3.8, 4) is 0 Å². The Labute approximate surface area is 260 Å². The number of alkyl halides is 1. The molecule has 1 spiro atoms. The fourth-order valence-corrected chi connectivity index (χ4v) is 7.91. The average Bonchev–Trinajstić information content (AvgIpc) is 3.35. The number of piperidine rings is 2. The highest BCUT2D eigenvalue weighted by molar-refractivity contribution is 6.11. The second kappa shape index (κ2) is 13.4. The molecular formula is C33H49FN8O2. The largest absolute Gasteiger partial charge is 0.381 e. The first-order valence-electron chi connectivity index (χ1n) is 16.9. The number of hydrogen-bond acceptors (Lipinski definition) is 7. The predicted molar refractivity (Wildman–Crippen MR) is 170 cm³/mol. The van der Waals surface area contributed by atoms with Crippen LogP contribution in [-0.2, 0) is 11.3 Å². The summed E-state index contributed by atoms with van der Waals surface area (Å²) < 4.78 is 17.3. The van der Waals surface area contributed by atoms with Crippen LogP contribution in [0.25, 0.3) is 0 Å².